The van der Waals surface area contributed by atoms with E-state index in [-0.39, 0.29) is 18.6 Å². The molecule has 1 atom stereocenters. The Balaban J connectivity index is 3.63. The van der Waals surface area contributed by atoms with E-state index in [1.807, 2.05) is 0 Å². The molecule has 0 aromatic rings. The fourth-order valence-corrected chi connectivity index (χ4v) is 1.23. The summed E-state index contributed by atoms with van der Waals surface area (Å²) in [4.78, 5) is 11.0. The number of nitrogens with one attached hydrogen (secondary N) is 1. The lowest BCUT2D eigenvalue weighted by Crippen LogP contribution is -2.37. The second-order valence-electron chi connectivity index (χ2n) is 3.13. The van der Waals surface area contributed by atoms with E-state index in [0.717, 1.165) is 12.8 Å². The summed E-state index contributed by atoms with van der Waals surface area (Å²) in [5, 5.41) is 3.11. The van der Waals surface area contributed by atoms with Gasteiger partial charge in [0, 0.05) is 13.2 Å². The fourth-order valence-electron chi connectivity index (χ4n) is 1.23. The van der Waals surface area contributed by atoms with E-state index in [0.29, 0.717) is 13.2 Å². The average Bonchev–Trinajstić information content (AvgIpc) is 2.15. The third-order valence-corrected chi connectivity index (χ3v) is 1.85. The number of ether oxygens (including phenoxy) is 2. The van der Waals surface area contributed by atoms with Crippen molar-refractivity contribution >= 4 is 5.97 Å². The molecule has 0 aromatic heterocycles. The van der Waals surface area contributed by atoms with Crippen molar-refractivity contribution in [2.24, 2.45) is 0 Å². The molecule has 0 heterocycles. The van der Waals surface area contributed by atoms with Crippen LogP contribution in [0.3, 0.4) is 0 Å². The molecule has 0 rings (SSSR count). The van der Waals surface area contributed by atoms with Crippen LogP contribution in [0.2, 0.25) is 0 Å². The van der Waals surface area contributed by atoms with Crippen molar-refractivity contribution < 1.29 is 14.3 Å². The average molecular weight is 203 g/mol. The first kappa shape index (κ1) is 13.4. The van der Waals surface area contributed by atoms with Crippen molar-refractivity contribution in [2.45, 2.75) is 32.7 Å². The van der Waals surface area contributed by atoms with E-state index < -0.39 is 0 Å². The van der Waals surface area contributed by atoms with E-state index >= 15 is 0 Å². The van der Waals surface area contributed by atoms with Crippen molar-refractivity contribution in [3.63, 3.8) is 0 Å². The van der Waals surface area contributed by atoms with Crippen molar-refractivity contribution in [3.05, 3.63) is 0 Å². The second-order valence-corrected chi connectivity index (χ2v) is 3.13. The molecule has 0 aliphatic carbocycles. The Morgan fingerprint density at radius 1 is 1.43 bits per heavy atom. The van der Waals surface area contributed by atoms with Gasteiger partial charge in [-0.1, -0.05) is 13.3 Å². The van der Waals surface area contributed by atoms with Crippen LogP contribution in [-0.4, -0.2) is 38.9 Å². The minimum Gasteiger partial charge on any atom is -0.465 e. The number of carbonyl (C=O) groups excluding carboxylic acids is 1. The van der Waals surface area contributed by atoms with Crippen LogP contribution in [0.25, 0.3) is 0 Å². The number of rotatable bonds is 8. The molecule has 1 unspecified atom stereocenters. The zero-order valence-corrected chi connectivity index (χ0v) is 9.34. The number of carbonyl (C=O) groups is 1. The van der Waals surface area contributed by atoms with Gasteiger partial charge < -0.3 is 14.8 Å². The third kappa shape index (κ3) is 6.86. The molecule has 84 valence electrons. The molecule has 0 aliphatic rings. The minimum absolute atomic E-state index is 0.204. The molecule has 0 saturated heterocycles. The van der Waals surface area contributed by atoms with Gasteiger partial charge in [0.25, 0.3) is 0 Å². The van der Waals surface area contributed by atoms with Gasteiger partial charge in [-0.05, 0) is 13.3 Å². The predicted octanol–water partition coefficient (Wildman–Crippen LogP) is 0.954. The molecule has 0 fully saturated rings. The van der Waals surface area contributed by atoms with Crippen LogP contribution in [0.4, 0.5) is 0 Å². The van der Waals surface area contributed by atoms with Crippen molar-refractivity contribution in [1.82, 2.24) is 5.32 Å². The molecule has 0 amide bonds. The lowest BCUT2D eigenvalue weighted by atomic mass is 10.2. The molecule has 0 radical (unpaired) electrons. The van der Waals surface area contributed by atoms with Crippen LogP contribution >= 0.6 is 0 Å². The maximum atomic E-state index is 11.0. The van der Waals surface area contributed by atoms with Crippen LogP contribution in [0.5, 0.6) is 0 Å². The van der Waals surface area contributed by atoms with Crippen LogP contribution < -0.4 is 5.32 Å². The first-order chi connectivity index (χ1) is 6.74. The molecule has 14 heavy (non-hydrogen) atoms. The van der Waals surface area contributed by atoms with Gasteiger partial charge in [0.15, 0.2) is 0 Å². The Bertz CT molecular complexity index is 144. The van der Waals surface area contributed by atoms with Gasteiger partial charge in [-0.3, -0.25) is 4.79 Å². The monoisotopic (exact) mass is 203 g/mol. The minimum atomic E-state index is -0.204. The highest BCUT2D eigenvalue weighted by Gasteiger charge is 2.09. The Morgan fingerprint density at radius 2 is 2.14 bits per heavy atom. The van der Waals surface area contributed by atoms with E-state index in [2.05, 4.69) is 12.2 Å². The van der Waals surface area contributed by atoms with Gasteiger partial charge in [0.05, 0.1) is 19.8 Å². The Labute approximate surface area is 86.0 Å². The van der Waals surface area contributed by atoms with Crippen LogP contribution in [0, 0.1) is 0 Å². The molecular weight excluding hydrogens is 182 g/mol. The molecule has 1 N–H and O–H groups in total. The first-order valence-corrected chi connectivity index (χ1v) is 5.12. The summed E-state index contributed by atoms with van der Waals surface area (Å²) in [6, 6.07) is 0.245. The Kier molecular flexibility index (Phi) is 8.57. The summed E-state index contributed by atoms with van der Waals surface area (Å²) in [6.07, 6.45) is 2.08. The van der Waals surface area contributed by atoms with Gasteiger partial charge in [0.1, 0.15) is 0 Å². The van der Waals surface area contributed by atoms with Gasteiger partial charge in [-0.2, -0.15) is 0 Å². The second kappa shape index (κ2) is 8.97. The van der Waals surface area contributed by atoms with E-state index in [1.165, 1.54) is 0 Å². The largest absolute Gasteiger partial charge is 0.465 e. The first-order valence-electron chi connectivity index (χ1n) is 5.12. The molecule has 0 spiro atoms. The van der Waals surface area contributed by atoms with Crippen molar-refractivity contribution in [2.75, 3.05) is 26.9 Å². The van der Waals surface area contributed by atoms with Gasteiger partial charge in [-0.15, -0.1) is 0 Å². The number of esters is 1. The summed E-state index contributed by atoms with van der Waals surface area (Å²) in [6.45, 7) is 5.24. The lowest BCUT2D eigenvalue weighted by Gasteiger charge is -2.16. The summed E-state index contributed by atoms with van der Waals surface area (Å²) < 4.78 is 9.84. The fraction of sp³-hybridized carbons (Fsp3) is 0.900. The highest BCUT2D eigenvalue weighted by molar-refractivity contribution is 5.71. The highest BCUT2D eigenvalue weighted by atomic mass is 16.5. The Hall–Kier alpha value is -0.610. The predicted molar refractivity (Wildman–Crippen MR) is 55.2 cm³/mol. The van der Waals surface area contributed by atoms with Gasteiger partial charge in [-0.25, -0.2) is 0 Å². The zero-order valence-electron chi connectivity index (χ0n) is 9.34. The highest BCUT2D eigenvalue weighted by Crippen LogP contribution is 1.96. The van der Waals surface area contributed by atoms with Crippen molar-refractivity contribution in [1.29, 1.82) is 0 Å². The normalized spacial score (nSPS) is 12.5. The quantitative estimate of drug-likeness (QED) is 0.597. The number of hydrogen-bond donors (Lipinski definition) is 1. The molecule has 0 bridgehead atoms. The molecule has 0 saturated carbocycles. The van der Waals surface area contributed by atoms with E-state index in [1.54, 1.807) is 14.0 Å². The van der Waals surface area contributed by atoms with E-state index in [4.69, 9.17) is 9.47 Å². The zero-order chi connectivity index (χ0) is 10.8. The summed E-state index contributed by atoms with van der Waals surface area (Å²) >= 11 is 0. The molecular formula is C10H21NO3. The van der Waals surface area contributed by atoms with E-state index in [9.17, 15) is 4.79 Å². The molecule has 4 heteroatoms. The maximum Gasteiger partial charge on any atom is 0.319 e. The summed E-state index contributed by atoms with van der Waals surface area (Å²) in [5.41, 5.74) is 0. The topological polar surface area (TPSA) is 47.6 Å². The van der Waals surface area contributed by atoms with Gasteiger partial charge >= 0.3 is 5.97 Å². The molecule has 0 aliphatic heterocycles. The SMILES string of the molecule is CCCC(COC)NCC(=O)OCC. The maximum absolute atomic E-state index is 11.0. The number of hydrogen-bond acceptors (Lipinski definition) is 4. The standard InChI is InChI=1S/C10H21NO3/c1-4-6-9(8-13-3)11-7-10(12)14-5-2/h9,11H,4-8H2,1-3H3. The lowest BCUT2D eigenvalue weighted by molar-refractivity contribution is -0.142. The molecule has 4 nitrogen and oxygen atoms in total. The number of methoxy groups -OCH3 is 1. The van der Waals surface area contributed by atoms with Crippen LogP contribution in [0.1, 0.15) is 26.7 Å². The Morgan fingerprint density at radius 3 is 2.64 bits per heavy atom. The summed E-state index contributed by atoms with van der Waals surface area (Å²) in [7, 11) is 1.66. The smallest absolute Gasteiger partial charge is 0.319 e. The third-order valence-electron chi connectivity index (χ3n) is 1.85. The van der Waals surface area contributed by atoms with Crippen molar-refractivity contribution in [3.8, 4) is 0 Å². The summed E-state index contributed by atoms with van der Waals surface area (Å²) in [5.74, 6) is -0.204. The van der Waals surface area contributed by atoms with Gasteiger partial charge in [0.2, 0.25) is 0 Å². The van der Waals surface area contributed by atoms with Crippen LogP contribution in [-0.2, 0) is 14.3 Å². The molecule has 0 aromatic carbocycles. The van der Waals surface area contributed by atoms with Crippen LogP contribution in [0.15, 0.2) is 0 Å².